The number of hydrogen-bond acceptors (Lipinski definition) is 7. The number of aliphatic hydroxyl groups is 1. The molecular formula is C15H18N4O7. The molecule has 26 heavy (non-hydrogen) atoms. The Hall–Kier alpha value is -3.08. The highest BCUT2D eigenvalue weighted by Crippen LogP contribution is 2.23. The zero-order valence-electron chi connectivity index (χ0n) is 13.9. The molecule has 3 N–H and O–H groups in total. The Kier molecular flexibility index (Phi) is 5.82. The number of benzene rings is 1. The normalized spacial score (nSPS) is 20.2. The standard InChI is InChI=1S/C15H18N4O7/c1-8(14(21)17-10-2-3-13(20)6-10)16-15(22)9-4-11(18(23)24)7-12(5-9)19(25)26/h4-5,7-8,10,13,20H,2-3,6H2,1H3,(H,16,22)(H,17,21)/t8-,10+,13-/m1/s1. The number of non-ortho nitro benzene ring substituents is 2. The molecule has 0 saturated heterocycles. The summed E-state index contributed by atoms with van der Waals surface area (Å²) in [5.41, 5.74) is -1.48. The van der Waals surface area contributed by atoms with Gasteiger partial charge in [-0.1, -0.05) is 0 Å². The second kappa shape index (κ2) is 7.87. The molecule has 1 aliphatic rings. The number of carbonyl (C=O) groups excluding carboxylic acids is 2. The first kappa shape index (κ1) is 19.2. The maximum atomic E-state index is 12.2. The van der Waals surface area contributed by atoms with E-state index < -0.39 is 45.2 Å². The van der Waals surface area contributed by atoms with Gasteiger partial charge in [-0.15, -0.1) is 0 Å². The van der Waals surface area contributed by atoms with Gasteiger partial charge in [0.15, 0.2) is 0 Å². The molecule has 3 atom stereocenters. The lowest BCUT2D eigenvalue weighted by Crippen LogP contribution is -2.47. The summed E-state index contributed by atoms with van der Waals surface area (Å²) in [5, 5.41) is 36.2. The first-order valence-electron chi connectivity index (χ1n) is 7.90. The van der Waals surface area contributed by atoms with Crippen LogP contribution in [0.1, 0.15) is 36.5 Å². The number of aliphatic hydroxyl groups excluding tert-OH is 1. The van der Waals surface area contributed by atoms with E-state index in [0.29, 0.717) is 19.3 Å². The Morgan fingerprint density at radius 3 is 2.19 bits per heavy atom. The van der Waals surface area contributed by atoms with Crippen LogP contribution in [0, 0.1) is 20.2 Å². The fourth-order valence-corrected chi connectivity index (χ4v) is 2.70. The van der Waals surface area contributed by atoms with Gasteiger partial charge in [-0.3, -0.25) is 29.8 Å². The summed E-state index contributed by atoms with van der Waals surface area (Å²) in [6.07, 6.45) is 1.19. The minimum atomic E-state index is -0.960. The average molecular weight is 366 g/mol. The summed E-state index contributed by atoms with van der Waals surface area (Å²) in [6, 6.07) is 1.41. The Labute approximate surface area is 147 Å². The molecule has 1 fully saturated rings. The molecule has 0 spiro atoms. The van der Waals surface area contributed by atoms with Crippen LogP contribution in [-0.2, 0) is 4.79 Å². The van der Waals surface area contributed by atoms with Crippen LogP contribution >= 0.6 is 0 Å². The summed E-state index contributed by atoms with van der Waals surface area (Å²) in [7, 11) is 0. The Bertz CT molecular complexity index is 719. The first-order valence-corrected chi connectivity index (χ1v) is 7.90. The molecular weight excluding hydrogens is 348 g/mol. The largest absolute Gasteiger partial charge is 0.393 e. The molecule has 11 heteroatoms. The van der Waals surface area contributed by atoms with Gasteiger partial charge in [0.2, 0.25) is 5.91 Å². The minimum Gasteiger partial charge on any atom is -0.393 e. The third-order valence-electron chi connectivity index (χ3n) is 4.08. The maximum Gasteiger partial charge on any atom is 0.277 e. The van der Waals surface area contributed by atoms with Crippen molar-refractivity contribution in [3.8, 4) is 0 Å². The van der Waals surface area contributed by atoms with Crippen LogP contribution in [0.3, 0.4) is 0 Å². The fourth-order valence-electron chi connectivity index (χ4n) is 2.70. The zero-order valence-corrected chi connectivity index (χ0v) is 13.9. The lowest BCUT2D eigenvalue weighted by atomic mass is 10.1. The van der Waals surface area contributed by atoms with Gasteiger partial charge in [-0.05, 0) is 26.2 Å². The van der Waals surface area contributed by atoms with Crippen LogP contribution in [0.5, 0.6) is 0 Å². The molecule has 1 saturated carbocycles. The van der Waals surface area contributed by atoms with Crippen LogP contribution < -0.4 is 10.6 Å². The predicted molar refractivity (Wildman–Crippen MR) is 88.5 cm³/mol. The smallest absolute Gasteiger partial charge is 0.277 e. The lowest BCUT2D eigenvalue weighted by Gasteiger charge is -2.17. The molecule has 0 aliphatic heterocycles. The van der Waals surface area contributed by atoms with Crippen LogP contribution in [0.4, 0.5) is 11.4 Å². The number of hydrogen-bond donors (Lipinski definition) is 3. The molecule has 0 bridgehead atoms. The molecule has 1 aromatic carbocycles. The van der Waals surface area contributed by atoms with E-state index in [9.17, 15) is 34.9 Å². The summed E-state index contributed by atoms with van der Waals surface area (Å²) in [5.74, 6) is -1.32. The van der Waals surface area contributed by atoms with Crippen molar-refractivity contribution >= 4 is 23.2 Å². The Morgan fingerprint density at radius 1 is 1.15 bits per heavy atom. The number of rotatable bonds is 6. The van der Waals surface area contributed by atoms with Crippen molar-refractivity contribution in [3.05, 3.63) is 44.0 Å². The average Bonchev–Trinajstić information content (AvgIpc) is 2.98. The van der Waals surface area contributed by atoms with Crippen LogP contribution in [0.25, 0.3) is 0 Å². The van der Waals surface area contributed by atoms with Gasteiger partial charge in [0.1, 0.15) is 6.04 Å². The Balaban J connectivity index is 2.07. The monoisotopic (exact) mass is 366 g/mol. The molecule has 0 unspecified atom stereocenters. The molecule has 0 aromatic heterocycles. The molecule has 1 aromatic rings. The molecule has 2 amide bonds. The highest BCUT2D eigenvalue weighted by atomic mass is 16.6. The second-order valence-corrected chi connectivity index (χ2v) is 6.12. The summed E-state index contributed by atoms with van der Waals surface area (Å²) < 4.78 is 0. The van der Waals surface area contributed by atoms with Crippen LogP contribution in [0.15, 0.2) is 18.2 Å². The molecule has 11 nitrogen and oxygen atoms in total. The quantitative estimate of drug-likeness (QED) is 0.491. The summed E-state index contributed by atoms with van der Waals surface area (Å²) >= 11 is 0. The third kappa shape index (κ3) is 4.72. The van der Waals surface area contributed by atoms with Gasteiger partial charge < -0.3 is 15.7 Å². The van der Waals surface area contributed by atoms with Crippen LogP contribution in [0.2, 0.25) is 0 Å². The van der Waals surface area contributed by atoms with Crippen molar-refractivity contribution < 1.29 is 24.5 Å². The number of nitro groups is 2. The van der Waals surface area contributed by atoms with Crippen molar-refractivity contribution in [3.63, 3.8) is 0 Å². The molecule has 2 rings (SSSR count). The van der Waals surface area contributed by atoms with Crippen molar-refractivity contribution in [2.24, 2.45) is 0 Å². The van der Waals surface area contributed by atoms with Gasteiger partial charge in [0.05, 0.1) is 27.6 Å². The fraction of sp³-hybridized carbons (Fsp3) is 0.467. The van der Waals surface area contributed by atoms with Crippen LogP contribution in [-0.4, -0.2) is 45.0 Å². The molecule has 1 aliphatic carbocycles. The van der Waals surface area contributed by atoms with Crippen molar-refractivity contribution in [1.29, 1.82) is 0 Å². The maximum absolute atomic E-state index is 12.2. The number of nitrogens with zero attached hydrogens (tertiary/aromatic N) is 2. The van der Waals surface area contributed by atoms with E-state index in [1.165, 1.54) is 6.92 Å². The van der Waals surface area contributed by atoms with Gasteiger partial charge >= 0.3 is 0 Å². The van der Waals surface area contributed by atoms with Crippen molar-refractivity contribution in [2.45, 2.75) is 44.4 Å². The predicted octanol–water partition coefficient (Wildman–Crippen LogP) is 0.651. The lowest BCUT2D eigenvalue weighted by molar-refractivity contribution is -0.394. The number of carbonyl (C=O) groups is 2. The first-order chi connectivity index (χ1) is 12.2. The van der Waals surface area contributed by atoms with E-state index in [-0.39, 0.29) is 11.6 Å². The molecule has 0 heterocycles. The SMILES string of the molecule is C[C@@H](NC(=O)c1cc([N+](=O)[O-])cc([N+](=O)[O-])c1)C(=O)N[C@H]1CC[C@@H](O)C1. The number of amides is 2. The van der Waals surface area contributed by atoms with E-state index in [0.717, 1.165) is 18.2 Å². The third-order valence-corrected chi connectivity index (χ3v) is 4.08. The summed E-state index contributed by atoms with van der Waals surface area (Å²) in [4.78, 5) is 44.4. The van der Waals surface area contributed by atoms with E-state index in [2.05, 4.69) is 10.6 Å². The van der Waals surface area contributed by atoms with Gasteiger partial charge in [0.25, 0.3) is 17.3 Å². The van der Waals surface area contributed by atoms with E-state index in [1.54, 1.807) is 0 Å². The molecule has 140 valence electrons. The number of nitrogens with one attached hydrogen (secondary N) is 2. The second-order valence-electron chi connectivity index (χ2n) is 6.12. The van der Waals surface area contributed by atoms with E-state index >= 15 is 0 Å². The Morgan fingerprint density at radius 2 is 1.73 bits per heavy atom. The van der Waals surface area contributed by atoms with Gasteiger partial charge in [-0.25, -0.2) is 0 Å². The van der Waals surface area contributed by atoms with Crippen molar-refractivity contribution in [1.82, 2.24) is 10.6 Å². The highest BCUT2D eigenvalue weighted by Gasteiger charge is 2.27. The molecule has 0 radical (unpaired) electrons. The van der Waals surface area contributed by atoms with Crippen molar-refractivity contribution in [2.75, 3.05) is 0 Å². The highest BCUT2D eigenvalue weighted by molar-refractivity contribution is 5.98. The minimum absolute atomic E-state index is 0.184. The van der Waals surface area contributed by atoms with E-state index in [4.69, 9.17) is 0 Å². The van der Waals surface area contributed by atoms with Gasteiger partial charge in [-0.2, -0.15) is 0 Å². The topological polar surface area (TPSA) is 165 Å². The summed E-state index contributed by atoms with van der Waals surface area (Å²) in [6.45, 7) is 1.42. The zero-order chi connectivity index (χ0) is 19.4. The van der Waals surface area contributed by atoms with Gasteiger partial charge in [0, 0.05) is 18.2 Å². The van der Waals surface area contributed by atoms with E-state index in [1.807, 2.05) is 0 Å². The number of nitro benzene ring substituents is 2.